The molecule has 2 aromatic carbocycles. The third-order valence-electron chi connectivity index (χ3n) is 9.58. The minimum atomic E-state index is -2.02. The van der Waals surface area contributed by atoms with E-state index < -0.39 is 78.4 Å². The zero-order valence-corrected chi connectivity index (χ0v) is 25.3. The zero-order valence-electron chi connectivity index (χ0n) is 25.3. The number of aliphatic hydroxyl groups is 1. The normalized spacial score (nSPS) is 26.5. The molecule has 0 unspecified atom stereocenters. The first-order chi connectivity index (χ1) is 22.4. The minimum absolute atomic E-state index is 0.0789. The van der Waals surface area contributed by atoms with E-state index in [1.165, 1.54) is 24.3 Å². The van der Waals surface area contributed by atoms with Gasteiger partial charge in [-0.2, -0.15) is 0 Å². The Morgan fingerprint density at radius 1 is 1.02 bits per heavy atom. The number of hydrogen-bond donors (Lipinski definition) is 4. The number of phenols is 1. The van der Waals surface area contributed by atoms with Gasteiger partial charge < -0.3 is 44.3 Å². The number of ether oxygens (including phenoxy) is 4. The van der Waals surface area contributed by atoms with Gasteiger partial charge in [-0.25, -0.2) is 9.59 Å². The summed E-state index contributed by atoms with van der Waals surface area (Å²) in [5, 5.41) is 41.1. The van der Waals surface area contributed by atoms with Crippen molar-refractivity contribution in [2.24, 2.45) is 0 Å². The predicted molar refractivity (Wildman–Crippen MR) is 157 cm³/mol. The number of rotatable bonds is 11. The number of aliphatic carboxylic acids is 2. The van der Waals surface area contributed by atoms with Gasteiger partial charge in [0.05, 0.1) is 30.3 Å². The molecule has 6 rings (SSSR count). The summed E-state index contributed by atoms with van der Waals surface area (Å²) in [6, 6.07) is 10.7. The Hall–Kier alpha value is -4.95. The monoisotopic (exact) mass is 651 g/mol. The number of piperidine rings is 1. The molecule has 2 aliphatic heterocycles. The van der Waals surface area contributed by atoms with Crippen LogP contribution >= 0.6 is 0 Å². The summed E-state index contributed by atoms with van der Waals surface area (Å²) >= 11 is 0. The third-order valence-corrected chi connectivity index (χ3v) is 9.58. The van der Waals surface area contributed by atoms with Crippen LogP contribution < -0.4 is 4.74 Å². The number of nitrogens with zero attached hydrogens (tertiary/aromatic N) is 1. The minimum Gasteiger partial charge on any atom is -0.504 e. The Morgan fingerprint density at radius 3 is 2.45 bits per heavy atom. The molecule has 6 atom stereocenters. The van der Waals surface area contributed by atoms with Crippen LogP contribution in [-0.4, -0.2) is 92.6 Å². The smallest absolute Gasteiger partial charge is 0.353 e. The number of benzene rings is 2. The molecule has 14 heteroatoms. The molecule has 2 aromatic rings. The molecule has 1 saturated heterocycles. The van der Waals surface area contributed by atoms with Crippen molar-refractivity contribution in [1.29, 1.82) is 0 Å². The lowest BCUT2D eigenvalue weighted by atomic mass is 9.50. The highest BCUT2D eigenvalue weighted by Crippen LogP contribution is 2.65. The van der Waals surface area contributed by atoms with Crippen LogP contribution in [0.25, 0.3) is 0 Å². The first-order valence-corrected chi connectivity index (χ1v) is 15.1. The van der Waals surface area contributed by atoms with Crippen molar-refractivity contribution in [2.45, 2.75) is 73.9 Å². The number of phenolic OH excluding ortho intramolecular Hbond substituents is 1. The lowest BCUT2D eigenvalue weighted by molar-refractivity contribution is -0.179. The predicted octanol–water partition coefficient (Wildman–Crippen LogP) is 1.75. The Kier molecular flexibility index (Phi) is 8.18. The van der Waals surface area contributed by atoms with Crippen molar-refractivity contribution in [3.8, 4) is 11.5 Å². The molecule has 2 aliphatic carbocycles. The second-order valence-corrected chi connectivity index (χ2v) is 12.2. The van der Waals surface area contributed by atoms with Gasteiger partial charge in [0.15, 0.2) is 17.6 Å². The van der Waals surface area contributed by atoms with Gasteiger partial charge >= 0.3 is 29.8 Å². The Labute approximate surface area is 268 Å². The van der Waals surface area contributed by atoms with Gasteiger partial charge in [-0.05, 0) is 44.1 Å². The fourth-order valence-electron chi connectivity index (χ4n) is 7.43. The van der Waals surface area contributed by atoms with Crippen LogP contribution in [0.15, 0.2) is 54.3 Å². The van der Waals surface area contributed by atoms with Crippen molar-refractivity contribution in [3.05, 3.63) is 71.0 Å². The van der Waals surface area contributed by atoms with Gasteiger partial charge in [0, 0.05) is 23.6 Å². The Balaban J connectivity index is 1.15. The maximum atomic E-state index is 13.1. The maximum Gasteiger partial charge on any atom is 0.353 e. The summed E-state index contributed by atoms with van der Waals surface area (Å²) in [5.41, 5.74) is -0.404. The number of likely N-dealkylation sites (tertiary alicyclic amines) is 1. The van der Waals surface area contributed by atoms with Crippen molar-refractivity contribution < 1.29 is 63.3 Å². The van der Waals surface area contributed by atoms with Crippen LogP contribution in [0.2, 0.25) is 0 Å². The SMILES string of the molecule is CN1CC[C@]23c4c5ccc(O)c4O[C@H]2C(OC(=O)CCC(=O)O[C@H](C(=O)O[C@@H](CC(=O)O)C(=O)O)c2ccccc2)=CC[C@@]3(O)[C@H]1C5. The number of esters is 3. The van der Waals surface area contributed by atoms with Crippen molar-refractivity contribution in [1.82, 2.24) is 4.90 Å². The fourth-order valence-corrected chi connectivity index (χ4v) is 7.43. The van der Waals surface area contributed by atoms with E-state index in [0.717, 1.165) is 11.1 Å². The summed E-state index contributed by atoms with van der Waals surface area (Å²) in [5.74, 6) is -6.00. The number of likely N-dealkylation sites (N-methyl/N-ethyl adjacent to an activating group) is 1. The maximum absolute atomic E-state index is 13.1. The molecule has 0 aromatic heterocycles. The Morgan fingerprint density at radius 2 is 1.74 bits per heavy atom. The number of carbonyl (C=O) groups excluding carboxylic acids is 3. The molecule has 1 spiro atoms. The van der Waals surface area contributed by atoms with Gasteiger partial charge in [0.25, 0.3) is 0 Å². The molecular weight excluding hydrogens is 618 g/mol. The molecule has 4 aliphatic rings. The lowest BCUT2D eigenvalue weighted by Gasteiger charge is -2.61. The summed E-state index contributed by atoms with van der Waals surface area (Å²) in [6.45, 7) is 0.642. The van der Waals surface area contributed by atoms with Gasteiger partial charge in [0.1, 0.15) is 5.76 Å². The van der Waals surface area contributed by atoms with E-state index in [4.69, 9.17) is 24.1 Å². The number of aromatic hydroxyl groups is 1. The largest absolute Gasteiger partial charge is 0.504 e. The van der Waals surface area contributed by atoms with Crippen LogP contribution in [0, 0.1) is 0 Å². The van der Waals surface area contributed by atoms with Crippen molar-refractivity contribution >= 4 is 29.8 Å². The van der Waals surface area contributed by atoms with E-state index in [0.29, 0.717) is 19.4 Å². The highest BCUT2D eigenvalue weighted by molar-refractivity contribution is 5.86. The molecule has 47 heavy (non-hydrogen) atoms. The second-order valence-electron chi connectivity index (χ2n) is 12.2. The number of carboxylic acid groups (broad SMARTS) is 2. The molecule has 0 amide bonds. The Bertz CT molecular complexity index is 1670. The first-order valence-electron chi connectivity index (χ1n) is 15.1. The van der Waals surface area contributed by atoms with Gasteiger partial charge in [-0.3, -0.25) is 14.4 Å². The molecule has 1 fully saturated rings. The van der Waals surface area contributed by atoms with Crippen molar-refractivity contribution in [2.75, 3.05) is 13.6 Å². The molecule has 2 bridgehead atoms. The average molecular weight is 652 g/mol. The highest BCUT2D eigenvalue weighted by atomic mass is 16.6. The van der Waals surface area contributed by atoms with E-state index in [2.05, 4.69) is 4.90 Å². The van der Waals surface area contributed by atoms with Crippen LogP contribution in [0.3, 0.4) is 0 Å². The molecular formula is C33H33NO13. The molecule has 248 valence electrons. The molecule has 4 N–H and O–H groups in total. The van der Waals surface area contributed by atoms with E-state index >= 15 is 0 Å². The van der Waals surface area contributed by atoms with E-state index in [1.807, 2.05) is 13.1 Å². The van der Waals surface area contributed by atoms with Gasteiger partial charge in [-0.15, -0.1) is 0 Å². The first kappa shape index (κ1) is 32.0. The second kappa shape index (κ2) is 12.0. The molecule has 14 nitrogen and oxygen atoms in total. The molecule has 0 radical (unpaired) electrons. The lowest BCUT2D eigenvalue weighted by Crippen LogP contribution is -2.74. The van der Waals surface area contributed by atoms with E-state index in [9.17, 15) is 39.3 Å². The molecule has 2 heterocycles. The number of carbonyl (C=O) groups is 5. The number of hydrogen-bond acceptors (Lipinski definition) is 12. The standard InChI is InChI=1S/C33H33NO13/c1-34-14-13-32-26-18-7-8-19(35)28(26)47-29(32)20(11-12-33(32,43)22(34)15-18)44-24(38)9-10-25(39)46-27(17-5-3-2-4-6-17)31(42)45-21(30(40)41)16-23(36)37/h2-8,11,21-22,27,29,35,43H,9-10,12-16H2,1H3,(H,36,37)(H,40,41)/t21-,22+,27-,29-,32-,33+/m0/s1. The van der Waals surface area contributed by atoms with Crippen LogP contribution in [0.5, 0.6) is 11.5 Å². The highest BCUT2D eigenvalue weighted by Gasteiger charge is 2.72. The summed E-state index contributed by atoms with van der Waals surface area (Å²) in [4.78, 5) is 63.4. The van der Waals surface area contributed by atoms with Gasteiger partial charge in [-0.1, -0.05) is 36.4 Å². The zero-order chi connectivity index (χ0) is 33.7. The average Bonchev–Trinajstić information content (AvgIpc) is 3.39. The molecule has 0 saturated carbocycles. The summed E-state index contributed by atoms with van der Waals surface area (Å²) < 4.78 is 22.1. The van der Waals surface area contributed by atoms with E-state index in [-0.39, 0.29) is 35.3 Å². The van der Waals surface area contributed by atoms with Crippen molar-refractivity contribution in [3.63, 3.8) is 0 Å². The third kappa shape index (κ3) is 5.36. The summed E-state index contributed by atoms with van der Waals surface area (Å²) in [6.07, 6.45) is -3.84. The van der Waals surface area contributed by atoms with E-state index in [1.54, 1.807) is 18.2 Å². The quantitative estimate of drug-likeness (QED) is 0.202. The number of carboxylic acids is 2. The van der Waals surface area contributed by atoms with Crippen LogP contribution in [-0.2, 0) is 50.0 Å². The topological polar surface area (TPSA) is 206 Å². The van der Waals surface area contributed by atoms with Gasteiger partial charge in [0.2, 0.25) is 12.2 Å². The summed E-state index contributed by atoms with van der Waals surface area (Å²) in [7, 11) is 1.95. The fraction of sp³-hybridized carbons (Fsp3) is 0.424. The van der Waals surface area contributed by atoms with Crippen LogP contribution in [0.4, 0.5) is 0 Å². The van der Waals surface area contributed by atoms with Crippen LogP contribution in [0.1, 0.15) is 54.9 Å².